The highest BCUT2D eigenvalue weighted by atomic mass is 32.2. The predicted octanol–water partition coefficient (Wildman–Crippen LogP) is 1.95. The molecule has 1 atom stereocenters. The van der Waals surface area contributed by atoms with Gasteiger partial charge in [0.1, 0.15) is 0 Å². The van der Waals surface area contributed by atoms with Gasteiger partial charge in [0, 0.05) is 11.3 Å². The van der Waals surface area contributed by atoms with Crippen LogP contribution in [0.1, 0.15) is 27.7 Å². The standard InChI is InChI=1S/C9H17NO3S/c1-6(7(11)12)5-14-8(13)10-9(2,3)4/h6H,5H2,1-4H3,(H,10,13)(H,11,12). The lowest BCUT2D eigenvalue weighted by Crippen LogP contribution is -2.38. The average molecular weight is 219 g/mol. The fraction of sp³-hybridized carbons (Fsp3) is 0.778. The number of rotatable bonds is 3. The summed E-state index contributed by atoms with van der Waals surface area (Å²) in [6.07, 6.45) is 0. The van der Waals surface area contributed by atoms with Gasteiger partial charge in [0.25, 0.3) is 5.24 Å². The molecular formula is C9H17NO3S. The molecule has 0 aliphatic carbocycles. The van der Waals surface area contributed by atoms with Crippen molar-refractivity contribution in [2.24, 2.45) is 5.92 Å². The van der Waals surface area contributed by atoms with Crippen LogP contribution in [0.5, 0.6) is 0 Å². The summed E-state index contributed by atoms with van der Waals surface area (Å²) in [5, 5.41) is 11.2. The van der Waals surface area contributed by atoms with Crippen LogP contribution in [-0.4, -0.2) is 27.6 Å². The van der Waals surface area contributed by atoms with Crippen molar-refractivity contribution in [3.8, 4) is 0 Å². The van der Waals surface area contributed by atoms with Crippen LogP contribution in [0.15, 0.2) is 0 Å². The zero-order valence-electron chi connectivity index (χ0n) is 8.96. The molecule has 0 radical (unpaired) electrons. The number of carboxylic acids is 1. The molecule has 2 N–H and O–H groups in total. The Bertz CT molecular complexity index is 223. The Kier molecular flexibility index (Phi) is 4.97. The zero-order chi connectivity index (χ0) is 11.4. The summed E-state index contributed by atoms with van der Waals surface area (Å²) in [7, 11) is 0. The largest absolute Gasteiger partial charge is 0.481 e. The summed E-state index contributed by atoms with van der Waals surface area (Å²) < 4.78 is 0. The van der Waals surface area contributed by atoms with E-state index in [2.05, 4.69) is 5.32 Å². The van der Waals surface area contributed by atoms with Crippen LogP contribution >= 0.6 is 11.8 Å². The number of carbonyl (C=O) groups excluding carboxylic acids is 1. The number of thioether (sulfide) groups is 1. The molecule has 1 unspecified atom stereocenters. The van der Waals surface area contributed by atoms with Crippen LogP contribution in [0.4, 0.5) is 4.79 Å². The lowest BCUT2D eigenvalue weighted by Gasteiger charge is -2.20. The van der Waals surface area contributed by atoms with Gasteiger partial charge in [-0.15, -0.1) is 0 Å². The van der Waals surface area contributed by atoms with Crippen LogP contribution in [0.2, 0.25) is 0 Å². The Morgan fingerprint density at radius 1 is 1.43 bits per heavy atom. The highest BCUT2D eigenvalue weighted by Crippen LogP contribution is 2.11. The SMILES string of the molecule is CC(CSC(=O)NC(C)(C)C)C(=O)O. The van der Waals surface area contributed by atoms with Crippen molar-refractivity contribution >= 4 is 23.0 Å². The molecule has 0 aliphatic heterocycles. The fourth-order valence-corrected chi connectivity index (χ4v) is 1.54. The number of aliphatic carboxylic acids is 1. The second-order valence-corrected chi connectivity index (χ2v) is 5.21. The van der Waals surface area contributed by atoms with E-state index in [1.807, 2.05) is 20.8 Å². The molecule has 0 bridgehead atoms. The lowest BCUT2D eigenvalue weighted by molar-refractivity contribution is -0.140. The molecule has 5 heteroatoms. The third-order valence-electron chi connectivity index (χ3n) is 1.36. The number of hydrogen-bond donors (Lipinski definition) is 2. The van der Waals surface area contributed by atoms with E-state index in [4.69, 9.17) is 5.11 Å². The first-order valence-corrected chi connectivity index (χ1v) is 5.38. The van der Waals surface area contributed by atoms with Crippen molar-refractivity contribution < 1.29 is 14.7 Å². The Balaban J connectivity index is 3.81. The summed E-state index contributed by atoms with van der Waals surface area (Å²) in [5.74, 6) is -1.07. The lowest BCUT2D eigenvalue weighted by atomic mass is 10.1. The number of carbonyl (C=O) groups is 2. The molecule has 1 amide bonds. The van der Waals surface area contributed by atoms with E-state index < -0.39 is 11.9 Å². The van der Waals surface area contributed by atoms with Gasteiger partial charge < -0.3 is 10.4 Å². The van der Waals surface area contributed by atoms with Crippen molar-refractivity contribution in [3.05, 3.63) is 0 Å². The van der Waals surface area contributed by atoms with E-state index in [-0.39, 0.29) is 10.8 Å². The molecule has 0 aromatic heterocycles. The first kappa shape index (κ1) is 13.3. The van der Waals surface area contributed by atoms with Gasteiger partial charge >= 0.3 is 5.97 Å². The fourth-order valence-electron chi connectivity index (χ4n) is 0.614. The number of carboxylic acid groups (broad SMARTS) is 1. The molecule has 0 saturated heterocycles. The van der Waals surface area contributed by atoms with Crippen LogP contribution in [0.25, 0.3) is 0 Å². The quantitative estimate of drug-likeness (QED) is 0.761. The molecule has 0 aromatic rings. The Labute approximate surface area is 88.4 Å². The molecule has 0 spiro atoms. The summed E-state index contributed by atoms with van der Waals surface area (Å²) in [6.45, 7) is 7.23. The van der Waals surface area contributed by atoms with Crippen molar-refractivity contribution in [3.63, 3.8) is 0 Å². The number of amides is 1. The maximum absolute atomic E-state index is 11.2. The maximum atomic E-state index is 11.2. The third kappa shape index (κ3) is 6.77. The highest BCUT2D eigenvalue weighted by molar-refractivity contribution is 8.13. The minimum Gasteiger partial charge on any atom is -0.481 e. The van der Waals surface area contributed by atoms with Gasteiger partial charge in [0.15, 0.2) is 0 Å². The maximum Gasteiger partial charge on any atom is 0.307 e. The Morgan fingerprint density at radius 2 is 1.93 bits per heavy atom. The molecule has 0 heterocycles. The van der Waals surface area contributed by atoms with E-state index in [9.17, 15) is 9.59 Å². The summed E-state index contributed by atoms with van der Waals surface area (Å²) in [5.41, 5.74) is -0.267. The van der Waals surface area contributed by atoms with Crippen molar-refractivity contribution in [2.75, 3.05) is 5.75 Å². The van der Waals surface area contributed by atoms with Gasteiger partial charge in [-0.3, -0.25) is 9.59 Å². The van der Waals surface area contributed by atoms with Gasteiger partial charge in [0.2, 0.25) is 0 Å². The normalized spacial score (nSPS) is 13.4. The van der Waals surface area contributed by atoms with E-state index in [1.165, 1.54) is 0 Å². The van der Waals surface area contributed by atoms with Gasteiger partial charge in [0.05, 0.1) is 5.92 Å². The first-order chi connectivity index (χ1) is 6.22. The molecule has 82 valence electrons. The van der Waals surface area contributed by atoms with Gasteiger partial charge in [-0.2, -0.15) is 0 Å². The van der Waals surface area contributed by atoms with Crippen molar-refractivity contribution in [1.29, 1.82) is 0 Å². The Morgan fingerprint density at radius 3 is 2.29 bits per heavy atom. The molecule has 4 nitrogen and oxygen atoms in total. The van der Waals surface area contributed by atoms with Crippen molar-refractivity contribution in [1.82, 2.24) is 5.32 Å². The zero-order valence-corrected chi connectivity index (χ0v) is 9.77. The third-order valence-corrected chi connectivity index (χ3v) is 2.39. The molecule has 0 aromatic carbocycles. The van der Waals surface area contributed by atoms with Gasteiger partial charge in [-0.1, -0.05) is 18.7 Å². The molecular weight excluding hydrogens is 202 g/mol. The second-order valence-electron chi connectivity index (χ2n) is 4.21. The van der Waals surface area contributed by atoms with Crippen LogP contribution < -0.4 is 5.32 Å². The molecule has 0 fully saturated rings. The average Bonchev–Trinajstić information content (AvgIpc) is 1.96. The number of nitrogens with one attached hydrogen (secondary N) is 1. The van der Waals surface area contributed by atoms with E-state index in [0.29, 0.717) is 5.75 Å². The molecule has 0 aliphatic rings. The van der Waals surface area contributed by atoms with Crippen LogP contribution in [0, 0.1) is 5.92 Å². The van der Waals surface area contributed by atoms with E-state index in [1.54, 1.807) is 6.92 Å². The van der Waals surface area contributed by atoms with Crippen molar-refractivity contribution in [2.45, 2.75) is 33.2 Å². The summed E-state index contributed by atoms with van der Waals surface area (Å²) >= 11 is 1.01. The van der Waals surface area contributed by atoms with E-state index >= 15 is 0 Å². The monoisotopic (exact) mass is 219 g/mol. The van der Waals surface area contributed by atoms with Gasteiger partial charge in [-0.25, -0.2) is 0 Å². The molecule has 14 heavy (non-hydrogen) atoms. The van der Waals surface area contributed by atoms with Gasteiger partial charge in [-0.05, 0) is 20.8 Å². The number of hydrogen-bond acceptors (Lipinski definition) is 3. The smallest absolute Gasteiger partial charge is 0.307 e. The minimum absolute atomic E-state index is 0.175. The predicted molar refractivity (Wildman–Crippen MR) is 57.5 cm³/mol. The van der Waals surface area contributed by atoms with Crippen LogP contribution in [-0.2, 0) is 4.79 Å². The molecule has 0 rings (SSSR count). The van der Waals surface area contributed by atoms with E-state index in [0.717, 1.165) is 11.8 Å². The minimum atomic E-state index is -0.874. The Hall–Kier alpha value is -0.710. The first-order valence-electron chi connectivity index (χ1n) is 4.40. The van der Waals surface area contributed by atoms with Crippen LogP contribution in [0.3, 0.4) is 0 Å². The topological polar surface area (TPSA) is 66.4 Å². The molecule has 0 saturated carbocycles. The second kappa shape index (κ2) is 5.24. The summed E-state index contributed by atoms with van der Waals surface area (Å²) in [6, 6.07) is 0. The summed E-state index contributed by atoms with van der Waals surface area (Å²) in [4.78, 5) is 21.7. The highest BCUT2D eigenvalue weighted by Gasteiger charge is 2.17.